The molecule has 23 heavy (non-hydrogen) atoms. The summed E-state index contributed by atoms with van der Waals surface area (Å²) in [6.07, 6.45) is 4.62. The van der Waals surface area contributed by atoms with E-state index < -0.39 is 5.97 Å². The number of aliphatic carboxylic acids is 1. The molecule has 0 atom stereocenters. The molecular weight excluding hydrogens is 288 g/mol. The highest BCUT2D eigenvalue weighted by Gasteiger charge is 2.12. The van der Waals surface area contributed by atoms with Crippen LogP contribution in [0.3, 0.4) is 0 Å². The third-order valence-corrected chi connectivity index (χ3v) is 3.80. The monoisotopic (exact) mass is 306 g/mol. The molecule has 2 heterocycles. The van der Waals surface area contributed by atoms with Crippen molar-refractivity contribution in [3.63, 3.8) is 0 Å². The van der Waals surface area contributed by atoms with Crippen LogP contribution in [0.2, 0.25) is 0 Å². The SMILES string of the molecule is CC(C)c1ccc(-c2nc3ccccn3c2/C=C/C(=O)O)cc1. The molecule has 3 rings (SSSR count). The van der Waals surface area contributed by atoms with Crippen molar-refractivity contribution in [2.24, 2.45) is 0 Å². The highest BCUT2D eigenvalue weighted by molar-refractivity contribution is 5.87. The lowest BCUT2D eigenvalue weighted by molar-refractivity contribution is -0.131. The molecule has 2 aromatic heterocycles. The second kappa shape index (κ2) is 6.08. The molecule has 0 aliphatic rings. The molecule has 0 amide bonds. The number of aromatic nitrogens is 2. The summed E-state index contributed by atoms with van der Waals surface area (Å²) < 4.78 is 1.89. The van der Waals surface area contributed by atoms with E-state index in [4.69, 9.17) is 5.11 Å². The van der Waals surface area contributed by atoms with Crippen molar-refractivity contribution < 1.29 is 9.90 Å². The second-order valence-corrected chi connectivity index (χ2v) is 5.72. The van der Waals surface area contributed by atoms with E-state index in [1.807, 2.05) is 40.9 Å². The zero-order valence-corrected chi connectivity index (χ0v) is 13.1. The number of pyridine rings is 1. The molecule has 0 saturated carbocycles. The van der Waals surface area contributed by atoms with Gasteiger partial charge in [-0.2, -0.15) is 0 Å². The highest BCUT2D eigenvalue weighted by Crippen LogP contribution is 2.27. The number of nitrogens with zero attached hydrogens (tertiary/aromatic N) is 2. The topological polar surface area (TPSA) is 54.6 Å². The van der Waals surface area contributed by atoms with Gasteiger partial charge in [0.05, 0.1) is 11.4 Å². The molecular formula is C19H18N2O2. The van der Waals surface area contributed by atoms with Crippen molar-refractivity contribution in [2.75, 3.05) is 0 Å². The fourth-order valence-electron chi connectivity index (χ4n) is 2.56. The largest absolute Gasteiger partial charge is 0.478 e. The maximum atomic E-state index is 10.9. The predicted molar refractivity (Wildman–Crippen MR) is 91.4 cm³/mol. The Balaban J connectivity index is 2.15. The normalized spacial score (nSPS) is 11.6. The lowest BCUT2D eigenvalue weighted by Crippen LogP contribution is -1.91. The van der Waals surface area contributed by atoms with Gasteiger partial charge in [-0.3, -0.25) is 4.40 Å². The Labute approximate surface area is 134 Å². The van der Waals surface area contributed by atoms with E-state index in [1.54, 1.807) is 6.08 Å². The van der Waals surface area contributed by atoms with Crippen molar-refractivity contribution >= 4 is 17.7 Å². The maximum Gasteiger partial charge on any atom is 0.328 e. The fourth-order valence-corrected chi connectivity index (χ4v) is 2.56. The molecule has 3 aromatic rings. The van der Waals surface area contributed by atoms with Gasteiger partial charge in [-0.15, -0.1) is 0 Å². The van der Waals surface area contributed by atoms with E-state index in [9.17, 15) is 4.79 Å². The van der Waals surface area contributed by atoms with Crippen LogP contribution in [0.25, 0.3) is 23.0 Å². The first kappa shape index (κ1) is 15.0. The minimum atomic E-state index is -0.975. The molecule has 0 saturated heterocycles. The van der Waals surface area contributed by atoms with Crippen LogP contribution < -0.4 is 0 Å². The molecule has 0 bridgehead atoms. The molecule has 0 spiro atoms. The van der Waals surface area contributed by atoms with Gasteiger partial charge >= 0.3 is 5.97 Å². The lowest BCUT2D eigenvalue weighted by atomic mass is 10.0. The van der Waals surface area contributed by atoms with Gasteiger partial charge < -0.3 is 5.11 Å². The molecule has 116 valence electrons. The minimum absolute atomic E-state index is 0.469. The molecule has 0 aliphatic carbocycles. The minimum Gasteiger partial charge on any atom is -0.478 e. The van der Waals surface area contributed by atoms with Gasteiger partial charge in [0.2, 0.25) is 0 Å². The zero-order chi connectivity index (χ0) is 16.4. The van der Waals surface area contributed by atoms with Crippen molar-refractivity contribution in [2.45, 2.75) is 19.8 Å². The number of carboxylic acid groups (broad SMARTS) is 1. The summed E-state index contributed by atoms with van der Waals surface area (Å²) in [6, 6.07) is 14.0. The Hall–Kier alpha value is -2.88. The Morgan fingerprint density at radius 3 is 2.57 bits per heavy atom. The van der Waals surface area contributed by atoms with Crippen molar-refractivity contribution in [3.8, 4) is 11.3 Å². The number of rotatable bonds is 4. The van der Waals surface area contributed by atoms with E-state index in [-0.39, 0.29) is 0 Å². The molecule has 0 aliphatic heterocycles. The van der Waals surface area contributed by atoms with Gasteiger partial charge in [0.1, 0.15) is 5.65 Å². The van der Waals surface area contributed by atoms with Crippen LogP contribution in [0.4, 0.5) is 0 Å². The van der Waals surface area contributed by atoms with Crippen molar-refractivity contribution in [1.29, 1.82) is 0 Å². The van der Waals surface area contributed by atoms with Crippen molar-refractivity contribution in [3.05, 3.63) is 66.0 Å². The predicted octanol–water partition coefficient (Wildman–Crippen LogP) is 4.22. The van der Waals surface area contributed by atoms with Gasteiger partial charge in [0.15, 0.2) is 0 Å². The summed E-state index contributed by atoms with van der Waals surface area (Å²) in [5.41, 5.74) is 4.58. The standard InChI is InChI=1S/C19H18N2O2/c1-13(2)14-6-8-15(9-7-14)19-16(10-11-18(22)23)21-12-4-3-5-17(21)20-19/h3-13H,1-2H3,(H,22,23)/b11-10+. The summed E-state index contributed by atoms with van der Waals surface area (Å²) in [6.45, 7) is 4.31. The molecule has 0 fully saturated rings. The first-order valence-corrected chi connectivity index (χ1v) is 7.54. The number of hydrogen-bond acceptors (Lipinski definition) is 2. The Bertz CT molecular complexity index is 874. The van der Waals surface area contributed by atoms with Gasteiger partial charge in [0.25, 0.3) is 0 Å². The molecule has 4 nitrogen and oxygen atoms in total. The van der Waals surface area contributed by atoms with Crippen molar-refractivity contribution in [1.82, 2.24) is 9.38 Å². The number of carbonyl (C=O) groups is 1. The zero-order valence-electron chi connectivity index (χ0n) is 13.1. The number of benzene rings is 1. The third kappa shape index (κ3) is 3.01. The Kier molecular flexibility index (Phi) is 3.98. The van der Waals surface area contributed by atoms with Gasteiger partial charge in [-0.1, -0.05) is 44.2 Å². The quantitative estimate of drug-likeness (QED) is 0.734. The van der Waals surface area contributed by atoms with Gasteiger partial charge in [0, 0.05) is 17.8 Å². The second-order valence-electron chi connectivity index (χ2n) is 5.72. The fraction of sp³-hybridized carbons (Fsp3) is 0.158. The van der Waals surface area contributed by atoms with Gasteiger partial charge in [-0.05, 0) is 29.7 Å². The molecule has 1 aromatic carbocycles. The van der Waals surface area contributed by atoms with Crippen LogP contribution in [-0.2, 0) is 4.79 Å². The molecule has 0 radical (unpaired) electrons. The third-order valence-electron chi connectivity index (χ3n) is 3.80. The average molecular weight is 306 g/mol. The summed E-state index contributed by atoms with van der Waals surface area (Å²) in [5, 5.41) is 8.93. The summed E-state index contributed by atoms with van der Waals surface area (Å²) in [5.74, 6) is -0.506. The maximum absolute atomic E-state index is 10.9. The Morgan fingerprint density at radius 2 is 1.91 bits per heavy atom. The van der Waals surface area contributed by atoms with E-state index >= 15 is 0 Å². The first-order chi connectivity index (χ1) is 11.1. The number of carboxylic acids is 1. The number of imidazole rings is 1. The molecule has 4 heteroatoms. The highest BCUT2D eigenvalue weighted by atomic mass is 16.4. The number of hydrogen-bond donors (Lipinski definition) is 1. The van der Waals surface area contributed by atoms with Crippen LogP contribution >= 0.6 is 0 Å². The van der Waals surface area contributed by atoms with E-state index in [1.165, 1.54) is 5.56 Å². The van der Waals surface area contributed by atoms with E-state index in [2.05, 4.69) is 31.0 Å². The van der Waals surface area contributed by atoms with Crippen LogP contribution in [-0.4, -0.2) is 20.5 Å². The molecule has 1 N–H and O–H groups in total. The van der Waals surface area contributed by atoms with E-state index in [0.717, 1.165) is 28.7 Å². The average Bonchev–Trinajstić information content (AvgIpc) is 2.91. The first-order valence-electron chi connectivity index (χ1n) is 7.54. The smallest absolute Gasteiger partial charge is 0.328 e. The van der Waals surface area contributed by atoms with Crippen LogP contribution in [0.1, 0.15) is 31.0 Å². The van der Waals surface area contributed by atoms with Crippen LogP contribution in [0.5, 0.6) is 0 Å². The van der Waals surface area contributed by atoms with Crippen LogP contribution in [0.15, 0.2) is 54.7 Å². The summed E-state index contributed by atoms with van der Waals surface area (Å²) in [4.78, 5) is 15.5. The summed E-state index contributed by atoms with van der Waals surface area (Å²) in [7, 11) is 0. The number of fused-ring (bicyclic) bond motifs is 1. The molecule has 0 unspecified atom stereocenters. The van der Waals surface area contributed by atoms with Gasteiger partial charge in [-0.25, -0.2) is 9.78 Å². The van der Waals surface area contributed by atoms with E-state index in [0.29, 0.717) is 5.92 Å². The lowest BCUT2D eigenvalue weighted by Gasteiger charge is -2.06. The Morgan fingerprint density at radius 1 is 1.17 bits per heavy atom. The van der Waals surface area contributed by atoms with Crippen LogP contribution in [0, 0.1) is 0 Å². The summed E-state index contributed by atoms with van der Waals surface area (Å²) >= 11 is 0.